The fourth-order valence-corrected chi connectivity index (χ4v) is 3.01. The largest absolute Gasteiger partial charge is 0.491 e. The number of nitrogens with zero attached hydrogens (tertiary/aromatic N) is 2. The van der Waals surface area contributed by atoms with Gasteiger partial charge in [-0.25, -0.2) is 9.97 Å². The SMILES string of the molecule is CC(C)Oc1ccc(-c2nc(Cl)c(I)c(C3CC3)n2)cc1. The Labute approximate surface area is 143 Å². The summed E-state index contributed by atoms with van der Waals surface area (Å²) in [4.78, 5) is 9.12. The molecule has 0 N–H and O–H groups in total. The smallest absolute Gasteiger partial charge is 0.161 e. The molecule has 0 atom stereocenters. The van der Waals surface area contributed by atoms with Crippen LogP contribution in [0, 0.1) is 3.57 Å². The molecule has 1 saturated carbocycles. The van der Waals surface area contributed by atoms with Crippen molar-refractivity contribution in [2.45, 2.75) is 38.7 Å². The van der Waals surface area contributed by atoms with Gasteiger partial charge in [-0.2, -0.15) is 0 Å². The third kappa shape index (κ3) is 3.48. The minimum atomic E-state index is 0.168. The van der Waals surface area contributed by atoms with Crippen molar-refractivity contribution in [1.82, 2.24) is 9.97 Å². The average Bonchev–Trinajstić information content (AvgIpc) is 3.26. The Morgan fingerprint density at radius 3 is 2.43 bits per heavy atom. The van der Waals surface area contributed by atoms with E-state index in [4.69, 9.17) is 21.3 Å². The molecule has 0 bridgehead atoms. The van der Waals surface area contributed by atoms with Gasteiger partial charge in [-0.15, -0.1) is 0 Å². The fraction of sp³-hybridized carbons (Fsp3) is 0.375. The maximum absolute atomic E-state index is 6.26. The lowest BCUT2D eigenvalue weighted by Gasteiger charge is -2.11. The van der Waals surface area contributed by atoms with Crippen molar-refractivity contribution < 1.29 is 4.74 Å². The number of benzene rings is 1. The molecule has 1 aliphatic carbocycles. The standard InChI is InChI=1S/C16H16ClIN2O/c1-9(2)21-12-7-5-11(6-8-12)16-19-14(10-3-4-10)13(18)15(17)20-16/h5-10H,3-4H2,1-2H3. The third-order valence-electron chi connectivity index (χ3n) is 3.28. The van der Waals surface area contributed by atoms with Gasteiger partial charge in [0.25, 0.3) is 0 Å². The first-order valence-corrected chi connectivity index (χ1v) is 8.50. The zero-order chi connectivity index (χ0) is 15.0. The quantitative estimate of drug-likeness (QED) is 0.518. The van der Waals surface area contributed by atoms with E-state index in [-0.39, 0.29) is 6.10 Å². The van der Waals surface area contributed by atoms with E-state index in [1.54, 1.807) is 0 Å². The Bertz CT molecular complexity index is 654. The molecule has 0 amide bonds. The van der Waals surface area contributed by atoms with Crippen LogP contribution in [0.3, 0.4) is 0 Å². The molecule has 0 aliphatic heterocycles. The average molecular weight is 415 g/mol. The lowest BCUT2D eigenvalue weighted by atomic mass is 10.2. The van der Waals surface area contributed by atoms with Crippen LogP contribution in [0.2, 0.25) is 5.15 Å². The predicted molar refractivity (Wildman–Crippen MR) is 92.9 cm³/mol. The summed E-state index contributed by atoms with van der Waals surface area (Å²) in [7, 11) is 0. The summed E-state index contributed by atoms with van der Waals surface area (Å²) in [5.41, 5.74) is 2.06. The molecule has 0 unspecified atom stereocenters. The summed E-state index contributed by atoms with van der Waals surface area (Å²) in [6.45, 7) is 4.02. The second-order valence-corrected chi connectivity index (χ2v) is 6.94. The zero-order valence-electron chi connectivity index (χ0n) is 11.9. The van der Waals surface area contributed by atoms with Crippen LogP contribution in [0.5, 0.6) is 5.75 Å². The normalized spacial score (nSPS) is 14.5. The molecule has 1 heterocycles. The molecular weight excluding hydrogens is 399 g/mol. The number of hydrogen-bond donors (Lipinski definition) is 0. The van der Waals surface area contributed by atoms with Crippen molar-refractivity contribution in [3.05, 3.63) is 38.7 Å². The molecule has 5 heteroatoms. The third-order valence-corrected chi connectivity index (χ3v) is 4.94. The summed E-state index contributed by atoms with van der Waals surface area (Å²) >= 11 is 8.50. The maximum Gasteiger partial charge on any atom is 0.161 e. The van der Waals surface area contributed by atoms with E-state index in [0.29, 0.717) is 16.9 Å². The number of hydrogen-bond acceptors (Lipinski definition) is 3. The van der Waals surface area contributed by atoms with Crippen LogP contribution in [0.4, 0.5) is 0 Å². The molecule has 1 aromatic carbocycles. The first-order valence-electron chi connectivity index (χ1n) is 7.04. The monoisotopic (exact) mass is 414 g/mol. The Balaban J connectivity index is 1.93. The highest BCUT2D eigenvalue weighted by atomic mass is 127. The van der Waals surface area contributed by atoms with Gasteiger partial charge in [-0.3, -0.25) is 0 Å². The van der Waals surface area contributed by atoms with E-state index < -0.39 is 0 Å². The minimum Gasteiger partial charge on any atom is -0.491 e. The van der Waals surface area contributed by atoms with E-state index in [9.17, 15) is 0 Å². The summed E-state index contributed by atoms with van der Waals surface area (Å²) < 4.78 is 6.64. The summed E-state index contributed by atoms with van der Waals surface area (Å²) in [5, 5.41) is 0.546. The lowest BCUT2D eigenvalue weighted by Crippen LogP contribution is -2.05. The van der Waals surface area contributed by atoms with Crippen LogP contribution < -0.4 is 4.74 Å². The Hall–Kier alpha value is -0.880. The van der Waals surface area contributed by atoms with Crippen molar-refractivity contribution in [2.24, 2.45) is 0 Å². The molecule has 2 aromatic rings. The van der Waals surface area contributed by atoms with Gasteiger partial charge in [0, 0.05) is 11.5 Å². The fourth-order valence-electron chi connectivity index (χ4n) is 2.15. The summed E-state index contributed by atoms with van der Waals surface area (Å²) in [6, 6.07) is 7.85. The van der Waals surface area contributed by atoms with Crippen LogP contribution in [-0.2, 0) is 0 Å². The Morgan fingerprint density at radius 1 is 1.19 bits per heavy atom. The topological polar surface area (TPSA) is 35.0 Å². The summed E-state index contributed by atoms with van der Waals surface area (Å²) in [6.07, 6.45) is 2.56. The van der Waals surface area contributed by atoms with Crippen molar-refractivity contribution >= 4 is 34.2 Å². The molecule has 21 heavy (non-hydrogen) atoms. The summed E-state index contributed by atoms with van der Waals surface area (Å²) in [5.74, 6) is 2.10. The highest BCUT2D eigenvalue weighted by molar-refractivity contribution is 14.1. The Kier molecular flexibility index (Phi) is 4.36. The molecule has 3 rings (SSSR count). The first-order chi connectivity index (χ1) is 10.0. The minimum absolute atomic E-state index is 0.168. The van der Waals surface area contributed by atoms with Gasteiger partial charge in [0.1, 0.15) is 10.9 Å². The molecule has 0 saturated heterocycles. The Morgan fingerprint density at radius 2 is 1.86 bits per heavy atom. The first kappa shape index (κ1) is 15.0. The van der Waals surface area contributed by atoms with Gasteiger partial charge in [-0.05, 0) is 73.5 Å². The van der Waals surface area contributed by atoms with E-state index in [2.05, 4.69) is 27.6 Å². The van der Waals surface area contributed by atoms with Crippen LogP contribution in [-0.4, -0.2) is 16.1 Å². The van der Waals surface area contributed by atoms with Gasteiger partial charge in [0.2, 0.25) is 0 Å². The molecule has 3 nitrogen and oxygen atoms in total. The van der Waals surface area contributed by atoms with Crippen LogP contribution in [0.15, 0.2) is 24.3 Å². The van der Waals surface area contributed by atoms with E-state index in [1.807, 2.05) is 38.1 Å². The highest BCUT2D eigenvalue weighted by Crippen LogP contribution is 2.42. The van der Waals surface area contributed by atoms with E-state index in [1.165, 1.54) is 12.8 Å². The van der Waals surface area contributed by atoms with Gasteiger partial charge in [0.05, 0.1) is 15.4 Å². The second-order valence-electron chi connectivity index (χ2n) is 5.50. The predicted octanol–water partition coefficient (Wildman–Crippen LogP) is 5.07. The number of aromatic nitrogens is 2. The van der Waals surface area contributed by atoms with Gasteiger partial charge >= 0.3 is 0 Å². The highest BCUT2D eigenvalue weighted by Gasteiger charge is 2.29. The molecule has 1 aliphatic rings. The van der Waals surface area contributed by atoms with Crippen LogP contribution in [0.25, 0.3) is 11.4 Å². The lowest BCUT2D eigenvalue weighted by molar-refractivity contribution is 0.242. The van der Waals surface area contributed by atoms with Gasteiger partial charge < -0.3 is 4.74 Å². The molecule has 0 radical (unpaired) electrons. The van der Waals surface area contributed by atoms with Gasteiger partial charge in [0.15, 0.2) is 5.82 Å². The maximum atomic E-state index is 6.26. The van der Waals surface area contributed by atoms with E-state index in [0.717, 1.165) is 20.6 Å². The molecule has 0 spiro atoms. The molecule has 110 valence electrons. The number of rotatable bonds is 4. The van der Waals surface area contributed by atoms with Crippen molar-refractivity contribution in [3.8, 4) is 17.1 Å². The second kappa shape index (κ2) is 6.08. The van der Waals surface area contributed by atoms with Crippen molar-refractivity contribution in [2.75, 3.05) is 0 Å². The van der Waals surface area contributed by atoms with E-state index >= 15 is 0 Å². The molecular formula is C16H16ClIN2O. The molecule has 1 fully saturated rings. The number of ether oxygens (including phenoxy) is 1. The zero-order valence-corrected chi connectivity index (χ0v) is 14.9. The van der Waals surface area contributed by atoms with Crippen molar-refractivity contribution in [3.63, 3.8) is 0 Å². The van der Waals surface area contributed by atoms with Crippen LogP contribution in [0.1, 0.15) is 38.3 Å². The number of halogens is 2. The molecule has 1 aromatic heterocycles. The van der Waals surface area contributed by atoms with Crippen LogP contribution >= 0.6 is 34.2 Å². The van der Waals surface area contributed by atoms with Crippen molar-refractivity contribution in [1.29, 1.82) is 0 Å². The van der Waals surface area contributed by atoms with Gasteiger partial charge in [-0.1, -0.05) is 11.6 Å².